The molecule has 0 aliphatic rings. The first kappa shape index (κ1) is 16.8. The Bertz CT molecular complexity index is 1090. The first-order valence-electron chi connectivity index (χ1n) is 8.74. The Morgan fingerprint density at radius 3 is 2.33 bits per heavy atom. The van der Waals surface area contributed by atoms with Crippen molar-refractivity contribution in [1.82, 2.24) is 9.97 Å². The van der Waals surface area contributed by atoms with Crippen LogP contribution in [-0.4, -0.2) is 22.1 Å². The van der Waals surface area contributed by atoms with E-state index in [1.165, 1.54) is 0 Å². The lowest BCUT2D eigenvalue weighted by Crippen LogP contribution is -2.13. The van der Waals surface area contributed by atoms with E-state index in [-0.39, 0.29) is 5.75 Å². The molecule has 0 unspecified atom stereocenters. The fourth-order valence-corrected chi connectivity index (χ4v) is 3.00. The van der Waals surface area contributed by atoms with E-state index < -0.39 is 0 Å². The molecule has 4 rings (SSSR count). The van der Waals surface area contributed by atoms with Gasteiger partial charge in [0.05, 0.1) is 5.52 Å². The van der Waals surface area contributed by atoms with Crippen LogP contribution in [0.15, 0.2) is 72.8 Å². The van der Waals surface area contributed by atoms with E-state index in [0.29, 0.717) is 5.95 Å². The molecule has 0 bridgehead atoms. The summed E-state index contributed by atoms with van der Waals surface area (Å²) in [4.78, 5) is 11.4. The highest BCUT2D eigenvalue weighted by atomic mass is 16.3. The van der Waals surface area contributed by atoms with Gasteiger partial charge in [0, 0.05) is 23.8 Å². The second-order valence-corrected chi connectivity index (χ2v) is 6.40. The summed E-state index contributed by atoms with van der Waals surface area (Å²) in [6.07, 6.45) is 0. The van der Waals surface area contributed by atoms with Crippen LogP contribution < -0.4 is 10.2 Å². The van der Waals surface area contributed by atoms with E-state index in [0.717, 1.165) is 33.7 Å². The van der Waals surface area contributed by atoms with Gasteiger partial charge in [0.15, 0.2) is 0 Å². The third kappa shape index (κ3) is 3.40. The van der Waals surface area contributed by atoms with E-state index >= 15 is 0 Å². The predicted molar refractivity (Wildman–Crippen MR) is 110 cm³/mol. The van der Waals surface area contributed by atoms with Gasteiger partial charge in [-0.2, -0.15) is 4.98 Å². The van der Waals surface area contributed by atoms with Crippen molar-refractivity contribution >= 4 is 34.0 Å². The van der Waals surface area contributed by atoms with E-state index in [9.17, 15) is 5.11 Å². The average molecular weight is 356 g/mol. The smallest absolute Gasteiger partial charge is 0.229 e. The number of aryl methyl sites for hydroxylation is 1. The fraction of sp³-hybridized carbons (Fsp3) is 0.0909. The molecule has 1 heterocycles. The van der Waals surface area contributed by atoms with E-state index in [1.54, 1.807) is 12.1 Å². The van der Waals surface area contributed by atoms with Crippen molar-refractivity contribution in [3.05, 3.63) is 78.4 Å². The van der Waals surface area contributed by atoms with Crippen LogP contribution in [0.2, 0.25) is 0 Å². The molecular formula is C22H20N4O. The number of aromatic hydroxyl groups is 1. The number of hydrogen-bond donors (Lipinski definition) is 2. The molecule has 0 radical (unpaired) electrons. The Morgan fingerprint density at radius 1 is 0.852 bits per heavy atom. The van der Waals surface area contributed by atoms with E-state index in [2.05, 4.69) is 10.3 Å². The molecule has 134 valence electrons. The number of benzene rings is 3. The summed E-state index contributed by atoms with van der Waals surface area (Å²) >= 11 is 0. The lowest BCUT2D eigenvalue weighted by molar-refractivity contribution is 0.475. The maximum atomic E-state index is 9.56. The van der Waals surface area contributed by atoms with Gasteiger partial charge in [-0.25, -0.2) is 4.98 Å². The number of fused-ring (bicyclic) bond motifs is 1. The first-order chi connectivity index (χ1) is 13.1. The van der Waals surface area contributed by atoms with Gasteiger partial charge in [0.1, 0.15) is 11.6 Å². The number of para-hydroxylation sites is 2. The third-order valence-electron chi connectivity index (χ3n) is 4.53. The standard InChI is InChI=1S/C22H20N4O/c1-15-7-3-5-9-19(15)23-22-24-20-10-6-4-8-18(20)21(25-22)26(2)16-11-13-17(27)14-12-16/h3-14,27H,1-2H3,(H,23,24,25). The number of rotatable bonds is 4. The number of phenolic OH excluding ortho intramolecular Hbond substituents is 1. The van der Waals surface area contributed by atoms with Crippen molar-refractivity contribution in [2.24, 2.45) is 0 Å². The molecule has 2 N–H and O–H groups in total. The monoisotopic (exact) mass is 356 g/mol. The van der Waals surface area contributed by atoms with E-state index in [4.69, 9.17) is 4.98 Å². The minimum atomic E-state index is 0.238. The quantitative estimate of drug-likeness (QED) is 0.529. The summed E-state index contributed by atoms with van der Waals surface area (Å²) < 4.78 is 0. The summed E-state index contributed by atoms with van der Waals surface area (Å²) in [5, 5.41) is 13.9. The lowest BCUT2D eigenvalue weighted by Gasteiger charge is -2.21. The zero-order chi connectivity index (χ0) is 18.8. The van der Waals surface area contributed by atoms with Gasteiger partial charge in [0.2, 0.25) is 5.95 Å². The van der Waals surface area contributed by atoms with Crippen LogP contribution in [0.3, 0.4) is 0 Å². The van der Waals surface area contributed by atoms with Crippen molar-refractivity contribution in [2.75, 3.05) is 17.3 Å². The first-order valence-corrected chi connectivity index (χ1v) is 8.74. The van der Waals surface area contributed by atoms with Crippen molar-refractivity contribution in [1.29, 1.82) is 0 Å². The van der Waals surface area contributed by atoms with Crippen molar-refractivity contribution < 1.29 is 5.11 Å². The summed E-state index contributed by atoms with van der Waals surface area (Å²) in [7, 11) is 1.96. The Kier molecular flexibility index (Phi) is 4.34. The number of phenols is 1. The Labute approximate surface area is 158 Å². The maximum Gasteiger partial charge on any atom is 0.229 e. The highest BCUT2D eigenvalue weighted by Crippen LogP contribution is 2.31. The van der Waals surface area contributed by atoms with Crippen LogP contribution in [0.5, 0.6) is 5.75 Å². The van der Waals surface area contributed by atoms with Gasteiger partial charge in [-0.3, -0.25) is 0 Å². The molecular weight excluding hydrogens is 336 g/mol. The van der Waals surface area contributed by atoms with Gasteiger partial charge in [0.25, 0.3) is 0 Å². The summed E-state index contributed by atoms with van der Waals surface area (Å²) in [5.74, 6) is 1.58. The number of nitrogens with one attached hydrogen (secondary N) is 1. The van der Waals surface area contributed by atoms with Crippen molar-refractivity contribution in [2.45, 2.75) is 6.92 Å². The molecule has 0 atom stereocenters. The van der Waals surface area contributed by atoms with E-state index in [1.807, 2.05) is 79.5 Å². The van der Waals surface area contributed by atoms with Crippen LogP contribution in [0.25, 0.3) is 10.9 Å². The predicted octanol–water partition coefficient (Wildman–Crippen LogP) is 5.16. The molecule has 4 aromatic rings. The zero-order valence-corrected chi connectivity index (χ0v) is 15.2. The second kappa shape index (κ2) is 6.96. The fourth-order valence-electron chi connectivity index (χ4n) is 3.00. The Morgan fingerprint density at radius 2 is 1.56 bits per heavy atom. The molecule has 0 aliphatic carbocycles. The zero-order valence-electron chi connectivity index (χ0n) is 15.2. The normalized spacial score (nSPS) is 10.7. The maximum absolute atomic E-state index is 9.56. The van der Waals surface area contributed by atoms with Crippen molar-refractivity contribution in [3.63, 3.8) is 0 Å². The lowest BCUT2D eigenvalue weighted by atomic mass is 10.2. The average Bonchev–Trinajstić information content (AvgIpc) is 2.69. The molecule has 27 heavy (non-hydrogen) atoms. The molecule has 5 nitrogen and oxygen atoms in total. The molecule has 1 aromatic heterocycles. The Hall–Kier alpha value is -3.60. The molecule has 0 spiro atoms. The number of nitrogens with zero attached hydrogens (tertiary/aromatic N) is 3. The summed E-state index contributed by atoms with van der Waals surface area (Å²) in [6.45, 7) is 2.05. The highest BCUT2D eigenvalue weighted by Gasteiger charge is 2.13. The largest absolute Gasteiger partial charge is 0.508 e. The highest BCUT2D eigenvalue weighted by molar-refractivity contribution is 5.92. The second-order valence-electron chi connectivity index (χ2n) is 6.40. The number of anilines is 4. The van der Waals surface area contributed by atoms with Crippen LogP contribution in [0, 0.1) is 6.92 Å². The molecule has 0 saturated carbocycles. The number of hydrogen-bond acceptors (Lipinski definition) is 5. The summed E-state index contributed by atoms with van der Waals surface area (Å²) in [5.41, 5.74) is 3.90. The minimum absolute atomic E-state index is 0.238. The Balaban J connectivity index is 1.81. The number of aromatic nitrogens is 2. The van der Waals surface area contributed by atoms with Gasteiger partial charge >= 0.3 is 0 Å². The molecule has 0 amide bonds. The molecule has 0 fully saturated rings. The minimum Gasteiger partial charge on any atom is -0.508 e. The van der Waals surface area contributed by atoms with Crippen molar-refractivity contribution in [3.8, 4) is 5.75 Å². The molecule has 0 aliphatic heterocycles. The van der Waals surface area contributed by atoms with Crippen LogP contribution in [-0.2, 0) is 0 Å². The van der Waals surface area contributed by atoms with Crippen LogP contribution >= 0.6 is 0 Å². The molecule has 3 aromatic carbocycles. The summed E-state index contributed by atoms with van der Waals surface area (Å²) in [6, 6.07) is 23.1. The van der Waals surface area contributed by atoms with Crippen LogP contribution in [0.4, 0.5) is 23.1 Å². The SMILES string of the molecule is Cc1ccccc1Nc1nc(N(C)c2ccc(O)cc2)c2ccccc2n1. The van der Waals surface area contributed by atoms with Gasteiger partial charge in [-0.05, 0) is 55.0 Å². The van der Waals surface area contributed by atoms with Gasteiger partial charge in [-0.15, -0.1) is 0 Å². The molecule has 5 heteroatoms. The van der Waals surface area contributed by atoms with Crippen LogP contribution in [0.1, 0.15) is 5.56 Å². The third-order valence-corrected chi connectivity index (χ3v) is 4.53. The topological polar surface area (TPSA) is 61.3 Å². The van der Waals surface area contributed by atoms with Gasteiger partial charge < -0.3 is 15.3 Å². The van der Waals surface area contributed by atoms with Gasteiger partial charge in [-0.1, -0.05) is 30.3 Å². The molecule has 0 saturated heterocycles.